The Kier molecular flexibility index (Phi) is 5.90. The van der Waals surface area contributed by atoms with Crippen molar-refractivity contribution < 1.29 is 24.0 Å². The summed E-state index contributed by atoms with van der Waals surface area (Å²) in [5, 5.41) is 13.7. The quantitative estimate of drug-likeness (QED) is 0.481. The molecule has 8 heteroatoms. The number of carbonyl (C=O) groups excluding carboxylic acids is 2. The molecule has 0 unspecified atom stereocenters. The summed E-state index contributed by atoms with van der Waals surface area (Å²) in [6.07, 6.45) is -0.263. The number of amides is 1. The first kappa shape index (κ1) is 18.9. The first-order valence-electron chi connectivity index (χ1n) is 7.76. The van der Waals surface area contributed by atoms with Crippen molar-refractivity contribution in [2.24, 2.45) is 0 Å². The van der Waals surface area contributed by atoms with Gasteiger partial charge < -0.3 is 14.8 Å². The Morgan fingerprint density at radius 3 is 2.46 bits per heavy atom. The number of anilines is 1. The van der Waals surface area contributed by atoms with Crippen LogP contribution in [0.1, 0.15) is 34.6 Å². The lowest BCUT2D eigenvalue weighted by Crippen LogP contribution is -2.14. The average Bonchev–Trinajstić information content (AvgIpc) is 2.60. The third-order valence-electron chi connectivity index (χ3n) is 3.34. The number of nitrogens with one attached hydrogen (secondary N) is 1. The number of nitro groups is 1. The van der Waals surface area contributed by atoms with Gasteiger partial charge in [0.15, 0.2) is 5.75 Å². The Balaban J connectivity index is 2.21. The molecule has 0 heterocycles. The van der Waals surface area contributed by atoms with E-state index in [2.05, 4.69) is 5.32 Å². The SMILES string of the molecule is COc1ccc(C(=O)Nc2cccc(C(=O)OC(C)C)c2)cc1[N+](=O)[O-]. The summed E-state index contributed by atoms with van der Waals surface area (Å²) in [6, 6.07) is 10.1. The van der Waals surface area contributed by atoms with E-state index in [0.29, 0.717) is 5.69 Å². The van der Waals surface area contributed by atoms with E-state index in [1.807, 2.05) is 0 Å². The number of nitrogens with zero attached hydrogens (tertiary/aromatic N) is 1. The maximum absolute atomic E-state index is 12.4. The van der Waals surface area contributed by atoms with Crippen LogP contribution in [0.4, 0.5) is 11.4 Å². The minimum absolute atomic E-state index is 0.0602. The predicted octanol–water partition coefficient (Wildman–Crippen LogP) is 3.42. The van der Waals surface area contributed by atoms with E-state index in [1.165, 1.54) is 25.3 Å². The molecule has 0 saturated heterocycles. The summed E-state index contributed by atoms with van der Waals surface area (Å²) in [7, 11) is 1.31. The number of carbonyl (C=O) groups is 2. The molecule has 2 rings (SSSR count). The van der Waals surface area contributed by atoms with Gasteiger partial charge in [0.25, 0.3) is 5.91 Å². The first-order valence-corrected chi connectivity index (χ1v) is 7.76. The highest BCUT2D eigenvalue weighted by Gasteiger charge is 2.18. The number of rotatable bonds is 6. The fourth-order valence-corrected chi connectivity index (χ4v) is 2.18. The van der Waals surface area contributed by atoms with E-state index in [0.717, 1.165) is 6.07 Å². The lowest BCUT2D eigenvalue weighted by Gasteiger charge is -2.10. The normalized spacial score (nSPS) is 10.3. The number of ether oxygens (including phenoxy) is 2. The Hall–Kier alpha value is -3.42. The van der Waals surface area contributed by atoms with Gasteiger partial charge in [0.1, 0.15) is 0 Å². The molecule has 0 bridgehead atoms. The van der Waals surface area contributed by atoms with E-state index < -0.39 is 16.8 Å². The van der Waals surface area contributed by atoms with Crippen LogP contribution in [-0.2, 0) is 4.74 Å². The van der Waals surface area contributed by atoms with E-state index in [-0.39, 0.29) is 28.7 Å². The number of benzene rings is 2. The maximum atomic E-state index is 12.4. The second-order valence-corrected chi connectivity index (χ2v) is 5.63. The Morgan fingerprint density at radius 2 is 1.85 bits per heavy atom. The Morgan fingerprint density at radius 1 is 1.12 bits per heavy atom. The number of hydrogen-bond donors (Lipinski definition) is 1. The van der Waals surface area contributed by atoms with Crippen LogP contribution in [0.3, 0.4) is 0 Å². The zero-order chi connectivity index (χ0) is 19.3. The van der Waals surface area contributed by atoms with Crippen molar-refractivity contribution in [1.82, 2.24) is 0 Å². The summed E-state index contributed by atoms with van der Waals surface area (Å²) in [5.41, 5.74) is 0.436. The zero-order valence-electron chi connectivity index (χ0n) is 14.5. The van der Waals surface area contributed by atoms with Gasteiger partial charge in [-0.05, 0) is 44.2 Å². The van der Waals surface area contributed by atoms with Gasteiger partial charge in [0.05, 0.1) is 23.7 Å². The molecule has 0 aliphatic carbocycles. The van der Waals surface area contributed by atoms with Crippen molar-refractivity contribution in [3.8, 4) is 5.75 Å². The highest BCUT2D eigenvalue weighted by Crippen LogP contribution is 2.27. The number of nitro benzene ring substituents is 1. The first-order chi connectivity index (χ1) is 12.3. The van der Waals surface area contributed by atoms with Crippen LogP contribution in [0.5, 0.6) is 5.75 Å². The van der Waals surface area contributed by atoms with Crippen molar-refractivity contribution in [1.29, 1.82) is 0 Å². The van der Waals surface area contributed by atoms with Crippen LogP contribution >= 0.6 is 0 Å². The largest absolute Gasteiger partial charge is 0.490 e. The molecule has 0 aromatic heterocycles. The summed E-state index contributed by atoms with van der Waals surface area (Å²) in [4.78, 5) is 34.7. The standard InChI is InChI=1S/C18H18N2O6/c1-11(2)26-18(22)13-5-4-6-14(9-13)19-17(21)12-7-8-16(25-3)15(10-12)20(23)24/h4-11H,1-3H3,(H,19,21). The van der Waals surface area contributed by atoms with Gasteiger partial charge >= 0.3 is 11.7 Å². The molecular formula is C18H18N2O6. The molecule has 136 valence electrons. The molecule has 0 aliphatic rings. The highest BCUT2D eigenvalue weighted by molar-refractivity contribution is 6.05. The summed E-state index contributed by atoms with van der Waals surface area (Å²) in [5.74, 6) is -0.994. The molecule has 0 spiro atoms. The molecule has 26 heavy (non-hydrogen) atoms. The third-order valence-corrected chi connectivity index (χ3v) is 3.34. The average molecular weight is 358 g/mol. The lowest BCUT2D eigenvalue weighted by atomic mass is 10.1. The Labute approximate surface area is 149 Å². The molecule has 0 fully saturated rings. The minimum Gasteiger partial charge on any atom is -0.490 e. The van der Waals surface area contributed by atoms with Gasteiger partial charge in [-0.1, -0.05) is 6.07 Å². The van der Waals surface area contributed by atoms with Gasteiger partial charge in [0.2, 0.25) is 0 Å². The molecular weight excluding hydrogens is 340 g/mol. The fraction of sp³-hybridized carbons (Fsp3) is 0.222. The molecule has 0 atom stereocenters. The minimum atomic E-state index is -0.627. The van der Waals surface area contributed by atoms with Crippen molar-refractivity contribution in [3.63, 3.8) is 0 Å². The number of methoxy groups -OCH3 is 1. The van der Waals surface area contributed by atoms with Gasteiger partial charge in [-0.15, -0.1) is 0 Å². The van der Waals surface area contributed by atoms with E-state index in [9.17, 15) is 19.7 Å². The van der Waals surface area contributed by atoms with Gasteiger partial charge in [-0.3, -0.25) is 14.9 Å². The zero-order valence-corrected chi connectivity index (χ0v) is 14.5. The summed E-state index contributed by atoms with van der Waals surface area (Å²) >= 11 is 0. The summed E-state index contributed by atoms with van der Waals surface area (Å²) < 4.78 is 10.0. The number of esters is 1. The molecule has 0 aliphatic heterocycles. The second-order valence-electron chi connectivity index (χ2n) is 5.63. The third kappa shape index (κ3) is 4.56. The molecule has 2 aromatic rings. The van der Waals surface area contributed by atoms with Gasteiger partial charge in [-0.2, -0.15) is 0 Å². The molecule has 1 amide bonds. The van der Waals surface area contributed by atoms with E-state index >= 15 is 0 Å². The van der Waals surface area contributed by atoms with Crippen LogP contribution in [0.2, 0.25) is 0 Å². The van der Waals surface area contributed by atoms with Crippen molar-refractivity contribution in [2.75, 3.05) is 12.4 Å². The molecule has 8 nitrogen and oxygen atoms in total. The molecule has 0 radical (unpaired) electrons. The topological polar surface area (TPSA) is 108 Å². The maximum Gasteiger partial charge on any atom is 0.338 e. The Bertz CT molecular complexity index is 847. The van der Waals surface area contributed by atoms with E-state index in [1.54, 1.807) is 32.0 Å². The van der Waals surface area contributed by atoms with Crippen molar-refractivity contribution >= 4 is 23.3 Å². The fourth-order valence-electron chi connectivity index (χ4n) is 2.18. The van der Waals surface area contributed by atoms with Crippen LogP contribution in [-0.4, -0.2) is 30.0 Å². The van der Waals surface area contributed by atoms with Crippen LogP contribution < -0.4 is 10.1 Å². The van der Waals surface area contributed by atoms with Crippen molar-refractivity contribution in [2.45, 2.75) is 20.0 Å². The lowest BCUT2D eigenvalue weighted by molar-refractivity contribution is -0.385. The highest BCUT2D eigenvalue weighted by atomic mass is 16.6. The predicted molar refractivity (Wildman–Crippen MR) is 94.6 cm³/mol. The molecule has 0 saturated carbocycles. The van der Waals surface area contributed by atoms with E-state index in [4.69, 9.17) is 9.47 Å². The molecule has 1 N–H and O–H groups in total. The van der Waals surface area contributed by atoms with Crippen LogP contribution in [0, 0.1) is 10.1 Å². The monoisotopic (exact) mass is 358 g/mol. The van der Waals surface area contributed by atoms with Gasteiger partial charge in [-0.25, -0.2) is 4.79 Å². The van der Waals surface area contributed by atoms with Crippen LogP contribution in [0.15, 0.2) is 42.5 Å². The molecule has 2 aromatic carbocycles. The van der Waals surface area contributed by atoms with Crippen LogP contribution in [0.25, 0.3) is 0 Å². The smallest absolute Gasteiger partial charge is 0.338 e. The number of hydrogen-bond acceptors (Lipinski definition) is 6. The second kappa shape index (κ2) is 8.11. The van der Waals surface area contributed by atoms with Crippen molar-refractivity contribution in [3.05, 3.63) is 63.7 Å². The summed E-state index contributed by atoms with van der Waals surface area (Å²) in [6.45, 7) is 3.47. The van der Waals surface area contributed by atoms with Gasteiger partial charge in [0, 0.05) is 17.3 Å².